The average molecular weight is 311 g/mol. The van der Waals surface area contributed by atoms with Crippen LogP contribution in [0.5, 0.6) is 0 Å². The van der Waals surface area contributed by atoms with Crippen molar-refractivity contribution < 1.29 is 9.21 Å². The van der Waals surface area contributed by atoms with Gasteiger partial charge >= 0.3 is 0 Å². The highest BCUT2D eigenvalue weighted by atomic mass is 35.5. The number of rotatable bonds is 4. The lowest BCUT2D eigenvalue weighted by Gasteiger charge is -2.21. The molecule has 0 spiro atoms. The fourth-order valence-electron chi connectivity index (χ4n) is 2.06. The molecule has 0 atom stereocenters. The van der Waals surface area contributed by atoms with Crippen LogP contribution in [0, 0.1) is 0 Å². The number of hydrogen-bond acceptors (Lipinski definition) is 3. The lowest BCUT2D eigenvalue weighted by Crippen LogP contribution is -2.32. The van der Waals surface area contributed by atoms with E-state index in [4.69, 9.17) is 27.6 Å². The molecule has 0 unspecified atom stereocenters. The van der Waals surface area contributed by atoms with E-state index in [9.17, 15) is 4.79 Å². The summed E-state index contributed by atoms with van der Waals surface area (Å²) in [7, 11) is 0. The Morgan fingerprint density at radius 2 is 2.25 bits per heavy atom. The van der Waals surface area contributed by atoms with Gasteiger partial charge in [-0.2, -0.15) is 0 Å². The molecule has 0 aliphatic heterocycles. The van der Waals surface area contributed by atoms with Crippen LogP contribution >= 0.6 is 23.2 Å². The van der Waals surface area contributed by atoms with Gasteiger partial charge in [0.15, 0.2) is 0 Å². The molecule has 0 N–H and O–H groups in total. The first kappa shape index (κ1) is 13.5. The van der Waals surface area contributed by atoms with E-state index in [1.54, 1.807) is 17.2 Å². The van der Waals surface area contributed by atoms with Crippen LogP contribution in [0.2, 0.25) is 10.2 Å². The number of halogens is 2. The summed E-state index contributed by atoms with van der Waals surface area (Å²) >= 11 is 11.9. The van der Waals surface area contributed by atoms with Crippen LogP contribution in [-0.2, 0) is 6.54 Å². The molecule has 1 amide bonds. The van der Waals surface area contributed by atoms with Crippen LogP contribution < -0.4 is 0 Å². The molecule has 20 heavy (non-hydrogen) atoms. The monoisotopic (exact) mass is 310 g/mol. The number of hydrogen-bond donors (Lipinski definition) is 0. The number of nitrogens with zero attached hydrogens (tertiary/aromatic N) is 2. The Kier molecular flexibility index (Phi) is 3.68. The quantitative estimate of drug-likeness (QED) is 0.807. The Morgan fingerprint density at radius 3 is 2.90 bits per heavy atom. The van der Waals surface area contributed by atoms with Crippen molar-refractivity contribution in [3.63, 3.8) is 0 Å². The van der Waals surface area contributed by atoms with E-state index in [-0.39, 0.29) is 17.1 Å². The van der Waals surface area contributed by atoms with Gasteiger partial charge in [0.25, 0.3) is 5.91 Å². The fraction of sp³-hybridized carbons (Fsp3) is 0.286. The topological polar surface area (TPSA) is 46.3 Å². The van der Waals surface area contributed by atoms with Crippen molar-refractivity contribution in [1.29, 1.82) is 0 Å². The molecule has 1 aliphatic rings. The maximum Gasteiger partial charge on any atom is 0.256 e. The molecule has 0 bridgehead atoms. The van der Waals surface area contributed by atoms with Crippen molar-refractivity contribution in [3.8, 4) is 0 Å². The average Bonchev–Trinajstić information content (AvgIpc) is 3.15. The summed E-state index contributed by atoms with van der Waals surface area (Å²) < 4.78 is 5.32. The minimum atomic E-state index is -0.141. The van der Waals surface area contributed by atoms with Gasteiger partial charge < -0.3 is 9.32 Å². The summed E-state index contributed by atoms with van der Waals surface area (Å²) in [4.78, 5) is 18.3. The summed E-state index contributed by atoms with van der Waals surface area (Å²) in [6, 6.07) is 5.41. The summed E-state index contributed by atoms with van der Waals surface area (Å²) in [5, 5.41) is 0.566. The third-order valence-electron chi connectivity index (χ3n) is 3.21. The largest absolute Gasteiger partial charge is 0.467 e. The molecule has 0 radical (unpaired) electrons. The third kappa shape index (κ3) is 2.81. The Morgan fingerprint density at radius 1 is 1.45 bits per heavy atom. The van der Waals surface area contributed by atoms with Crippen molar-refractivity contribution in [2.75, 3.05) is 0 Å². The van der Waals surface area contributed by atoms with Gasteiger partial charge in [0.2, 0.25) is 0 Å². The van der Waals surface area contributed by atoms with Gasteiger partial charge in [-0.15, -0.1) is 0 Å². The van der Waals surface area contributed by atoms with E-state index in [2.05, 4.69) is 4.98 Å². The van der Waals surface area contributed by atoms with Gasteiger partial charge in [0, 0.05) is 12.2 Å². The number of carbonyl (C=O) groups excluding carboxylic acids is 1. The Bertz CT molecular complexity index is 624. The van der Waals surface area contributed by atoms with E-state index in [1.807, 2.05) is 6.07 Å². The smallest absolute Gasteiger partial charge is 0.256 e. The van der Waals surface area contributed by atoms with Crippen LogP contribution in [0.15, 0.2) is 35.1 Å². The Balaban J connectivity index is 1.87. The summed E-state index contributed by atoms with van der Waals surface area (Å²) in [6.07, 6.45) is 5.00. The number of carbonyl (C=O) groups is 1. The van der Waals surface area contributed by atoms with E-state index < -0.39 is 0 Å². The van der Waals surface area contributed by atoms with Crippen LogP contribution in [0.1, 0.15) is 29.0 Å². The van der Waals surface area contributed by atoms with Crippen molar-refractivity contribution >= 4 is 29.1 Å². The molecule has 1 aliphatic carbocycles. The second kappa shape index (κ2) is 5.46. The second-order valence-corrected chi connectivity index (χ2v) is 5.52. The SMILES string of the molecule is O=C(c1cc(Cl)ncc1Cl)N(Cc1ccco1)C1CC1. The number of pyridine rings is 1. The van der Waals surface area contributed by atoms with Crippen molar-refractivity contribution in [3.05, 3.63) is 52.2 Å². The minimum absolute atomic E-state index is 0.141. The van der Waals surface area contributed by atoms with Crippen LogP contribution in [0.4, 0.5) is 0 Å². The first-order chi connectivity index (χ1) is 9.65. The molecule has 2 aromatic heterocycles. The van der Waals surface area contributed by atoms with Crippen molar-refractivity contribution in [2.24, 2.45) is 0 Å². The number of aromatic nitrogens is 1. The Labute approximate surface area is 126 Å². The first-order valence-corrected chi connectivity index (χ1v) is 7.05. The van der Waals surface area contributed by atoms with Gasteiger partial charge in [-0.05, 0) is 31.0 Å². The zero-order chi connectivity index (χ0) is 14.1. The minimum Gasteiger partial charge on any atom is -0.467 e. The summed E-state index contributed by atoms with van der Waals surface area (Å²) in [6.45, 7) is 0.437. The highest BCUT2D eigenvalue weighted by Crippen LogP contribution is 2.31. The molecular weight excluding hydrogens is 299 g/mol. The van der Waals surface area contributed by atoms with Crippen molar-refractivity contribution in [1.82, 2.24) is 9.88 Å². The highest BCUT2D eigenvalue weighted by molar-refractivity contribution is 6.35. The third-order valence-corrected chi connectivity index (χ3v) is 3.72. The maximum atomic E-state index is 12.6. The van der Waals surface area contributed by atoms with Gasteiger partial charge in [0.1, 0.15) is 10.9 Å². The molecular formula is C14H12Cl2N2O2. The van der Waals surface area contributed by atoms with E-state index in [0.29, 0.717) is 17.1 Å². The molecule has 0 aromatic carbocycles. The zero-order valence-electron chi connectivity index (χ0n) is 10.6. The highest BCUT2D eigenvalue weighted by Gasteiger charge is 2.34. The molecule has 0 saturated heterocycles. The fourth-order valence-corrected chi connectivity index (χ4v) is 2.40. The molecule has 2 aromatic rings. The first-order valence-electron chi connectivity index (χ1n) is 6.29. The predicted octanol–water partition coefficient (Wildman–Crippen LogP) is 3.79. The van der Waals surface area contributed by atoms with E-state index in [1.165, 1.54) is 12.3 Å². The molecule has 1 saturated carbocycles. The summed E-state index contributed by atoms with van der Waals surface area (Å²) in [5.41, 5.74) is 0.380. The molecule has 1 fully saturated rings. The maximum absolute atomic E-state index is 12.6. The standard InChI is InChI=1S/C14H12Cl2N2O2/c15-12-7-17-13(16)6-11(12)14(19)18(9-3-4-9)8-10-2-1-5-20-10/h1-2,5-7,9H,3-4,8H2. The zero-order valence-corrected chi connectivity index (χ0v) is 12.1. The molecule has 6 heteroatoms. The van der Waals surface area contributed by atoms with E-state index in [0.717, 1.165) is 18.6 Å². The van der Waals surface area contributed by atoms with Crippen molar-refractivity contribution in [2.45, 2.75) is 25.4 Å². The normalized spacial score (nSPS) is 14.3. The van der Waals surface area contributed by atoms with Gasteiger partial charge in [-0.3, -0.25) is 4.79 Å². The number of furan rings is 1. The molecule has 104 valence electrons. The second-order valence-electron chi connectivity index (χ2n) is 4.73. The lowest BCUT2D eigenvalue weighted by atomic mass is 10.2. The van der Waals surface area contributed by atoms with Gasteiger partial charge in [-0.1, -0.05) is 23.2 Å². The molecule has 3 rings (SSSR count). The predicted molar refractivity (Wildman–Crippen MR) is 75.9 cm³/mol. The summed E-state index contributed by atoms with van der Waals surface area (Å²) in [5.74, 6) is 0.611. The number of amides is 1. The van der Waals surface area contributed by atoms with Crippen LogP contribution in [0.25, 0.3) is 0 Å². The molecule has 4 nitrogen and oxygen atoms in total. The lowest BCUT2D eigenvalue weighted by molar-refractivity contribution is 0.0717. The molecule has 2 heterocycles. The van der Waals surface area contributed by atoms with Gasteiger partial charge in [0.05, 0.1) is 23.4 Å². The van der Waals surface area contributed by atoms with Gasteiger partial charge in [-0.25, -0.2) is 4.98 Å². The van der Waals surface area contributed by atoms with Crippen LogP contribution in [0.3, 0.4) is 0 Å². The van der Waals surface area contributed by atoms with Crippen LogP contribution in [-0.4, -0.2) is 21.8 Å². The Hall–Kier alpha value is -1.52. The van der Waals surface area contributed by atoms with E-state index >= 15 is 0 Å².